The summed E-state index contributed by atoms with van der Waals surface area (Å²) in [4.78, 5) is 13.1. The number of nitrogens with zero attached hydrogens (tertiary/aromatic N) is 3. The number of rotatable bonds is 6. The summed E-state index contributed by atoms with van der Waals surface area (Å²) in [5.74, 6) is 0. The van der Waals surface area contributed by atoms with Crippen molar-refractivity contribution in [1.29, 1.82) is 0 Å². The van der Waals surface area contributed by atoms with E-state index >= 15 is 0 Å². The van der Waals surface area contributed by atoms with Crippen LogP contribution in [0.4, 0.5) is 4.39 Å². The van der Waals surface area contributed by atoms with Crippen LogP contribution < -0.4 is 0 Å². The molecule has 0 aliphatic heterocycles. The number of hydrogen-bond donors (Lipinski definition) is 0. The Kier molecular flexibility index (Phi) is 5.13. The summed E-state index contributed by atoms with van der Waals surface area (Å²) < 4.78 is 17.8. The lowest BCUT2D eigenvalue weighted by Crippen LogP contribution is -2.20. The molecule has 0 saturated heterocycles. The summed E-state index contributed by atoms with van der Waals surface area (Å²) in [5.41, 5.74) is 9.51. The van der Waals surface area contributed by atoms with Crippen molar-refractivity contribution in [1.82, 2.24) is 0 Å². The Hall–Kier alpha value is -1.91. The van der Waals surface area contributed by atoms with Crippen molar-refractivity contribution in [2.75, 3.05) is 13.8 Å². The molecule has 5 nitrogen and oxygen atoms in total. The molecule has 0 aliphatic rings. The number of methoxy groups -OCH3 is 1. The van der Waals surface area contributed by atoms with Crippen molar-refractivity contribution in [2.45, 2.75) is 12.1 Å². The second kappa shape index (κ2) is 6.62. The van der Waals surface area contributed by atoms with Gasteiger partial charge in [-0.1, -0.05) is 29.4 Å². The van der Waals surface area contributed by atoms with Crippen LogP contribution in [0.5, 0.6) is 0 Å². The molecule has 0 spiro atoms. The van der Waals surface area contributed by atoms with Gasteiger partial charge < -0.3 is 4.74 Å². The Balaban J connectivity index is 2.98. The second-order valence-electron chi connectivity index (χ2n) is 3.37. The van der Waals surface area contributed by atoms with E-state index in [4.69, 9.17) is 10.3 Å². The molecule has 90 valence electrons. The maximum absolute atomic E-state index is 12.7. The van der Waals surface area contributed by atoms with Gasteiger partial charge in [-0.05, 0) is 11.1 Å². The number of halogens is 1. The lowest BCUT2D eigenvalue weighted by atomic mass is 10.0. The average molecular weight is 237 g/mol. The molecule has 6 heteroatoms. The summed E-state index contributed by atoms with van der Waals surface area (Å²) in [6.45, 7) is -0.808. The molecular formula is C11H12FN3O2. The lowest BCUT2D eigenvalue weighted by Gasteiger charge is -2.20. The first-order chi connectivity index (χ1) is 8.26. The van der Waals surface area contributed by atoms with Crippen LogP contribution in [-0.2, 0) is 4.74 Å². The topological polar surface area (TPSA) is 75.1 Å². The zero-order valence-electron chi connectivity index (χ0n) is 9.28. The monoisotopic (exact) mass is 237 g/mol. The molecule has 17 heavy (non-hydrogen) atoms. The highest BCUT2D eigenvalue weighted by molar-refractivity contribution is 5.74. The quantitative estimate of drug-likeness (QED) is 0.330. The van der Waals surface area contributed by atoms with Gasteiger partial charge in [0.05, 0.1) is 12.1 Å². The molecule has 0 fully saturated rings. The fourth-order valence-corrected chi connectivity index (χ4v) is 1.52. The van der Waals surface area contributed by atoms with E-state index in [0.717, 1.165) is 0 Å². The van der Waals surface area contributed by atoms with E-state index in [9.17, 15) is 9.18 Å². The number of hydrogen-bond acceptors (Lipinski definition) is 3. The van der Waals surface area contributed by atoms with E-state index in [1.165, 1.54) is 7.11 Å². The molecule has 0 saturated carbocycles. The highest BCUT2D eigenvalue weighted by Crippen LogP contribution is 2.23. The number of carbonyl (C=O) groups is 1. The third kappa shape index (κ3) is 3.27. The van der Waals surface area contributed by atoms with Crippen molar-refractivity contribution >= 4 is 6.29 Å². The second-order valence-corrected chi connectivity index (χ2v) is 3.37. The van der Waals surface area contributed by atoms with Crippen LogP contribution in [0, 0.1) is 0 Å². The maximum Gasteiger partial charge on any atom is 0.150 e. The molecule has 0 aliphatic carbocycles. The molecule has 1 aromatic carbocycles. The summed E-state index contributed by atoms with van der Waals surface area (Å²) >= 11 is 0. The van der Waals surface area contributed by atoms with Crippen LogP contribution in [0.1, 0.15) is 22.0 Å². The van der Waals surface area contributed by atoms with Crippen molar-refractivity contribution in [2.24, 2.45) is 5.11 Å². The fourth-order valence-electron chi connectivity index (χ4n) is 1.52. The Labute approximate surface area is 97.8 Å². The third-order valence-electron chi connectivity index (χ3n) is 2.36. The van der Waals surface area contributed by atoms with Gasteiger partial charge in [0, 0.05) is 17.6 Å². The largest absolute Gasteiger partial charge is 0.376 e. The molecule has 0 bridgehead atoms. The Morgan fingerprint density at radius 2 is 2.18 bits per heavy atom. The molecule has 0 heterocycles. The molecule has 0 amide bonds. The minimum atomic E-state index is -0.910. The van der Waals surface area contributed by atoms with Gasteiger partial charge in [0.15, 0.2) is 0 Å². The standard InChI is InChI=1S/C11H12FN3O2/c1-17-11(10(6-12)14-15-13)9-4-2-8(7-16)3-5-9/h2-5,7,10-11H,6H2,1H3/t10-,11-/m1/s1. The maximum atomic E-state index is 12.7. The smallest absolute Gasteiger partial charge is 0.150 e. The van der Waals surface area contributed by atoms with Gasteiger partial charge >= 0.3 is 0 Å². The fraction of sp³-hybridized carbons (Fsp3) is 0.364. The Bertz CT molecular complexity index is 415. The first-order valence-corrected chi connectivity index (χ1v) is 4.95. The minimum Gasteiger partial charge on any atom is -0.376 e. The number of carbonyl (C=O) groups excluding carboxylic acids is 1. The summed E-state index contributed by atoms with van der Waals surface area (Å²) in [5, 5.41) is 3.34. The molecule has 0 unspecified atom stereocenters. The van der Waals surface area contributed by atoms with E-state index in [-0.39, 0.29) is 0 Å². The van der Waals surface area contributed by atoms with Crippen molar-refractivity contribution in [3.63, 3.8) is 0 Å². The van der Waals surface area contributed by atoms with Crippen LogP contribution in [0.15, 0.2) is 29.4 Å². The highest BCUT2D eigenvalue weighted by atomic mass is 19.1. The van der Waals surface area contributed by atoms with Gasteiger partial charge in [-0.2, -0.15) is 0 Å². The molecule has 0 N–H and O–H groups in total. The van der Waals surface area contributed by atoms with Crippen molar-refractivity contribution in [3.8, 4) is 0 Å². The van der Waals surface area contributed by atoms with Crippen LogP contribution in [-0.4, -0.2) is 26.1 Å². The highest BCUT2D eigenvalue weighted by Gasteiger charge is 2.21. The average Bonchev–Trinajstić information content (AvgIpc) is 2.39. The van der Waals surface area contributed by atoms with E-state index < -0.39 is 18.8 Å². The van der Waals surface area contributed by atoms with E-state index in [1.807, 2.05) is 0 Å². The summed E-state index contributed by atoms with van der Waals surface area (Å²) in [7, 11) is 1.41. The van der Waals surface area contributed by atoms with Crippen LogP contribution in [0.2, 0.25) is 0 Å². The van der Waals surface area contributed by atoms with Crippen molar-refractivity contribution in [3.05, 3.63) is 45.8 Å². The van der Waals surface area contributed by atoms with E-state index in [1.54, 1.807) is 24.3 Å². The third-order valence-corrected chi connectivity index (χ3v) is 2.36. The van der Waals surface area contributed by atoms with E-state index in [0.29, 0.717) is 17.4 Å². The number of azide groups is 1. The number of benzene rings is 1. The summed E-state index contributed by atoms with van der Waals surface area (Å²) in [6.07, 6.45) is 0.0580. The predicted octanol–water partition coefficient (Wildman–Crippen LogP) is 2.84. The number of aldehydes is 1. The zero-order chi connectivity index (χ0) is 12.7. The van der Waals surface area contributed by atoms with E-state index in [2.05, 4.69) is 10.0 Å². The van der Waals surface area contributed by atoms with Gasteiger partial charge in [-0.25, -0.2) is 0 Å². The first kappa shape index (κ1) is 13.2. The van der Waals surface area contributed by atoms with Gasteiger partial charge in [0.2, 0.25) is 0 Å². The predicted molar refractivity (Wildman–Crippen MR) is 60.5 cm³/mol. The molecule has 0 aromatic heterocycles. The Morgan fingerprint density at radius 3 is 2.59 bits per heavy atom. The molecule has 0 radical (unpaired) electrons. The lowest BCUT2D eigenvalue weighted by molar-refractivity contribution is 0.0722. The van der Waals surface area contributed by atoms with Gasteiger partial charge in [-0.15, -0.1) is 0 Å². The van der Waals surface area contributed by atoms with Gasteiger partial charge in [0.25, 0.3) is 0 Å². The molecule has 2 atom stereocenters. The number of alkyl halides is 1. The van der Waals surface area contributed by atoms with Crippen molar-refractivity contribution < 1.29 is 13.9 Å². The normalized spacial score (nSPS) is 13.5. The summed E-state index contributed by atoms with van der Waals surface area (Å²) in [6, 6.07) is 5.58. The SMILES string of the molecule is CO[C@H](c1ccc(C=O)cc1)[C@@H](CF)N=[N+]=[N-]. The minimum absolute atomic E-state index is 0.518. The molecular weight excluding hydrogens is 225 g/mol. The number of ether oxygens (including phenoxy) is 1. The van der Waals surface area contributed by atoms with Crippen LogP contribution >= 0.6 is 0 Å². The molecule has 1 aromatic rings. The van der Waals surface area contributed by atoms with Gasteiger partial charge in [-0.3, -0.25) is 9.18 Å². The zero-order valence-corrected chi connectivity index (χ0v) is 9.28. The first-order valence-electron chi connectivity index (χ1n) is 4.95. The Morgan fingerprint density at radius 1 is 1.53 bits per heavy atom. The van der Waals surface area contributed by atoms with Crippen LogP contribution in [0.3, 0.4) is 0 Å². The van der Waals surface area contributed by atoms with Crippen LogP contribution in [0.25, 0.3) is 10.4 Å². The molecule has 1 rings (SSSR count). The van der Waals surface area contributed by atoms with Gasteiger partial charge in [0.1, 0.15) is 13.0 Å².